The fourth-order valence-electron chi connectivity index (χ4n) is 2.44. The van der Waals surface area contributed by atoms with Gasteiger partial charge in [-0.05, 0) is 25.1 Å². The topological polar surface area (TPSA) is 47.8 Å². The van der Waals surface area contributed by atoms with Gasteiger partial charge in [-0.2, -0.15) is 0 Å². The lowest BCUT2D eigenvalue weighted by Crippen LogP contribution is -2.10. The molecule has 0 spiro atoms. The van der Waals surface area contributed by atoms with Gasteiger partial charge >= 0.3 is 0 Å². The minimum atomic E-state index is -0.0735. The number of hydrogen-bond acceptors (Lipinski definition) is 3. The highest BCUT2D eigenvalue weighted by atomic mass is 127. The van der Waals surface area contributed by atoms with E-state index in [-0.39, 0.29) is 5.78 Å². The normalized spacial score (nSPS) is 10.7. The lowest BCUT2D eigenvalue weighted by molar-refractivity contribution is 0.103. The highest BCUT2D eigenvalue weighted by Gasteiger charge is 2.19. The number of carbonyl (C=O) groups excluding carboxylic acids is 1. The number of rotatable bonds is 4. The van der Waals surface area contributed by atoms with E-state index in [4.69, 9.17) is 11.6 Å². The van der Waals surface area contributed by atoms with Crippen molar-refractivity contribution in [2.45, 2.75) is 11.4 Å². The molecular weight excluding hydrogens is 425 g/mol. The van der Waals surface area contributed by atoms with Gasteiger partial charge in [0.25, 0.3) is 0 Å². The Labute approximate surface area is 152 Å². The first-order chi connectivity index (χ1) is 11.1. The first-order valence-electron chi connectivity index (χ1n) is 6.98. The summed E-state index contributed by atoms with van der Waals surface area (Å²) in [4.78, 5) is 12.9. The SMILES string of the molecule is Cc1nnc(CI)n1-c1ccc(Cl)cc1C(=O)c1ccccc1. The summed E-state index contributed by atoms with van der Waals surface area (Å²) in [5.74, 6) is 1.46. The molecule has 0 unspecified atom stereocenters. The van der Waals surface area contributed by atoms with Crippen molar-refractivity contribution in [3.63, 3.8) is 0 Å². The van der Waals surface area contributed by atoms with E-state index in [9.17, 15) is 4.79 Å². The number of benzene rings is 2. The summed E-state index contributed by atoms with van der Waals surface area (Å²) in [6.45, 7) is 1.87. The maximum absolute atomic E-state index is 12.9. The van der Waals surface area contributed by atoms with E-state index in [0.717, 1.165) is 17.3 Å². The molecule has 0 aliphatic rings. The average molecular weight is 438 g/mol. The van der Waals surface area contributed by atoms with Crippen molar-refractivity contribution in [2.75, 3.05) is 0 Å². The summed E-state index contributed by atoms with van der Waals surface area (Å²) in [6.07, 6.45) is 0. The number of alkyl halides is 1. The molecule has 0 radical (unpaired) electrons. The third-order valence-corrected chi connectivity index (χ3v) is 4.41. The summed E-state index contributed by atoms with van der Waals surface area (Å²) in [5, 5.41) is 8.81. The van der Waals surface area contributed by atoms with Crippen molar-refractivity contribution in [2.24, 2.45) is 0 Å². The van der Waals surface area contributed by atoms with Crippen molar-refractivity contribution in [3.05, 3.63) is 76.3 Å². The van der Waals surface area contributed by atoms with E-state index in [2.05, 4.69) is 32.8 Å². The molecule has 1 heterocycles. The first kappa shape index (κ1) is 16.1. The van der Waals surface area contributed by atoms with Gasteiger partial charge in [0.05, 0.1) is 10.1 Å². The van der Waals surface area contributed by atoms with Crippen LogP contribution in [0.3, 0.4) is 0 Å². The van der Waals surface area contributed by atoms with Crippen molar-refractivity contribution < 1.29 is 4.79 Å². The predicted molar refractivity (Wildman–Crippen MR) is 98.7 cm³/mol. The Morgan fingerprint density at radius 2 is 1.91 bits per heavy atom. The van der Waals surface area contributed by atoms with Crippen LogP contribution in [-0.2, 0) is 4.43 Å². The van der Waals surface area contributed by atoms with Gasteiger partial charge in [0.15, 0.2) is 5.78 Å². The van der Waals surface area contributed by atoms with Crippen LogP contribution in [0.15, 0.2) is 48.5 Å². The number of carbonyl (C=O) groups is 1. The minimum absolute atomic E-state index is 0.0735. The molecule has 4 nitrogen and oxygen atoms in total. The summed E-state index contributed by atoms with van der Waals surface area (Å²) in [7, 11) is 0. The van der Waals surface area contributed by atoms with Crippen molar-refractivity contribution in [3.8, 4) is 5.69 Å². The molecule has 3 rings (SSSR count). The summed E-state index contributed by atoms with van der Waals surface area (Å²) < 4.78 is 2.60. The van der Waals surface area contributed by atoms with Crippen molar-refractivity contribution in [1.82, 2.24) is 14.8 Å². The third kappa shape index (κ3) is 3.16. The number of halogens is 2. The molecule has 3 aromatic rings. The third-order valence-electron chi connectivity index (χ3n) is 3.49. The predicted octanol–water partition coefficient (Wildman–Crippen LogP) is 4.40. The lowest BCUT2D eigenvalue weighted by atomic mass is 10.0. The van der Waals surface area contributed by atoms with E-state index in [1.165, 1.54) is 0 Å². The lowest BCUT2D eigenvalue weighted by Gasteiger charge is -2.13. The Morgan fingerprint density at radius 1 is 1.17 bits per heavy atom. The summed E-state index contributed by atoms with van der Waals surface area (Å²) in [5.41, 5.74) is 1.91. The van der Waals surface area contributed by atoms with Gasteiger partial charge in [-0.3, -0.25) is 9.36 Å². The van der Waals surface area contributed by atoms with E-state index in [1.54, 1.807) is 24.3 Å². The van der Waals surface area contributed by atoms with Crippen molar-refractivity contribution in [1.29, 1.82) is 0 Å². The molecule has 6 heteroatoms. The molecule has 0 aliphatic carbocycles. The molecule has 2 aromatic carbocycles. The average Bonchev–Trinajstić information content (AvgIpc) is 2.95. The van der Waals surface area contributed by atoms with Gasteiger partial charge in [0.2, 0.25) is 0 Å². The fourth-order valence-corrected chi connectivity index (χ4v) is 3.10. The van der Waals surface area contributed by atoms with Crippen LogP contribution in [0.25, 0.3) is 5.69 Å². The molecule has 1 aromatic heterocycles. The number of aryl methyl sites for hydroxylation is 1. The first-order valence-corrected chi connectivity index (χ1v) is 8.88. The quantitative estimate of drug-likeness (QED) is 0.345. The second-order valence-corrected chi connectivity index (χ2v) is 6.19. The van der Waals surface area contributed by atoms with Gasteiger partial charge in [-0.25, -0.2) is 0 Å². The van der Waals surface area contributed by atoms with Crippen LogP contribution in [0, 0.1) is 6.92 Å². The largest absolute Gasteiger partial charge is 0.289 e. The molecule has 0 amide bonds. The van der Waals surface area contributed by atoms with E-state index >= 15 is 0 Å². The van der Waals surface area contributed by atoms with Crippen LogP contribution in [-0.4, -0.2) is 20.5 Å². The second-order valence-electron chi connectivity index (χ2n) is 4.99. The van der Waals surface area contributed by atoms with E-state index in [0.29, 0.717) is 20.6 Å². The van der Waals surface area contributed by atoms with Gasteiger partial charge in [0.1, 0.15) is 11.6 Å². The van der Waals surface area contributed by atoms with Crippen LogP contribution < -0.4 is 0 Å². The zero-order valence-electron chi connectivity index (χ0n) is 12.3. The van der Waals surface area contributed by atoms with E-state index < -0.39 is 0 Å². The van der Waals surface area contributed by atoms with Crippen LogP contribution >= 0.6 is 34.2 Å². The Bertz CT molecular complexity index is 862. The standard InChI is InChI=1S/C17H13ClIN3O/c1-11-20-21-16(10-19)22(11)15-8-7-13(18)9-14(15)17(23)12-5-3-2-4-6-12/h2-9H,10H2,1H3. The van der Waals surface area contributed by atoms with Crippen LogP contribution in [0.2, 0.25) is 5.02 Å². The van der Waals surface area contributed by atoms with Gasteiger partial charge in [-0.15, -0.1) is 10.2 Å². The Kier molecular flexibility index (Phi) is 4.77. The summed E-state index contributed by atoms with van der Waals surface area (Å²) >= 11 is 8.36. The zero-order chi connectivity index (χ0) is 16.4. The molecular formula is C17H13ClIN3O. The van der Waals surface area contributed by atoms with Crippen LogP contribution in [0.1, 0.15) is 27.6 Å². The number of hydrogen-bond donors (Lipinski definition) is 0. The molecule has 0 saturated carbocycles. The number of nitrogens with zero attached hydrogens (tertiary/aromatic N) is 3. The maximum Gasteiger partial charge on any atom is 0.195 e. The van der Waals surface area contributed by atoms with Crippen LogP contribution in [0.5, 0.6) is 0 Å². The highest BCUT2D eigenvalue weighted by Crippen LogP contribution is 2.25. The number of aromatic nitrogens is 3. The van der Waals surface area contributed by atoms with Gasteiger partial charge in [-0.1, -0.05) is 64.5 Å². The van der Waals surface area contributed by atoms with Gasteiger partial charge < -0.3 is 0 Å². The zero-order valence-corrected chi connectivity index (χ0v) is 15.2. The molecule has 116 valence electrons. The fraction of sp³-hybridized carbons (Fsp3) is 0.118. The second kappa shape index (κ2) is 6.80. The smallest absolute Gasteiger partial charge is 0.195 e. The minimum Gasteiger partial charge on any atom is -0.289 e. The Morgan fingerprint density at radius 3 is 2.61 bits per heavy atom. The Hall–Kier alpha value is -1.73. The monoisotopic (exact) mass is 437 g/mol. The molecule has 23 heavy (non-hydrogen) atoms. The highest BCUT2D eigenvalue weighted by molar-refractivity contribution is 14.1. The Balaban J connectivity index is 2.20. The van der Waals surface area contributed by atoms with Crippen molar-refractivity contribution >= 4 is 40.0 Å². The van der Waals surface area contributed by atoms with E-state index in [1.807, 2.05) is 35.8 Å². The molecule has 0 bridgehead atoms. The molecule has 0 aliphatic heterocycles. The molecule has 0 fully saturated rings. The molecule has 0 saturated heterocycles. The maximum atomic E-state index is 12.9. The van der Waals surface area contributed by atoms with Crippen LogP contribution in [0.4, 0.5) is 0 Å². The molecule has 0 atom stereocenters. The summed E-state index contributed by atoms with van der Waals surface area (Å²) in [6, 6.07) is 14.5. The number of ketones is 1. The molecule has 0 N–H and O–H groups in total. The van der Waals surface area contributed by atoms with Gasteiger partial charge in [0, 0.05) is 16.1 Å².